The molecule has 0 bridgehead atoms. The number of para-hydroxylation sites is 1. The molecule has 0 amide bonds. The average molecular weight is 236 g/mol. The van der Waals surface area contributed by atoms with Crippen molar-refractivity contribution in [2.75, 3.05) is 13.2 Å². The third-order valence-corrected chi connectivity index (χ3v) is 3.34. The van der Waals surface area contributed by atoms with Gasteiger partial charge in [-0.05, 0) is 19.4 Å². The van der Waals surface area contributed by atoms with Crippen LogP contribution in [0, 0.1) is 0 Å². The van der Waals surface area contributed by atoms with Crippen LogP contribution in [-0.2, 0) is 10.3 Å². The van der Waals surface area contributed by atoms with E-state index in [1.54, 1.807) is 0 Å². The van der Waals surface area contributed by atoms with E-state index in [0.717, 1.165) is 17.7 Å². The number of benzene rings is 1. The fourth-order valence-electron chi connectivity index (χ4n) is 2.25. The second-order valence-corrected chi connectivity index (χ2v) is 4.53. The minimum absolute atomic E-state index is 0.186. The maximum Gasteiger partial charge on any atom is 0.125 e. The first-order valence-electron chi connectivity index (χ1n) is 6.24. The van der Waals surface area contributed by atoms with Crippen molar-refractivity contribution in [2.45, 2.75) is 38.4 Å². The summed E-state index contributed by atoms with van der Waals surface area (Å²) in [7, 11) is 0. The van der Waals surface area contributed by atoms with E-state index in [2.05, 4.69) is 6.92 Å². The first kappa shape index (κ1) is 12.4. The normalized spacial score (nSPS) is 28.3. The molecule has 1 saturated heterocycles. The molecule has 0 aliphatic carbocycles. The van der Waals surface area contributed by atoms with Gasteiger partial charge in [0, 0.05) is 12.0 Å². The number of rotatable bonds is 4. The van der Waals surface area contributed by atoms with E-state index < -0.39 is 5.60 Å². The quantitative estimate of drug-likeness (QED) is 0.872. The highest BCUT2D eigenvalue weighted by Crippen LogP contribution is 2.40. The number of ether oxygens (including phenoxy) is 2. The van der Waals surface area contributed by atoms with E-state index in [9.17, 15) is 5.11 Å². The summed E-state index contributed by atoms with van der Waals surface area (Å²) in [6, 6.07) is 7.69. The minimum Gasteiger partial charge on any atom is -0.493 e. The van der Waals surface area contributed by atoms with Gasteiger partial charge in [-0.2, -0.15) is 0 Å². The van der Waals surface area contributed by atoms with Gasteiger partial charge < -0.3 is 14.6 Å². The Morgan fingerprint density at radius 3 is 2.88 bits per heavy atom. The number of aliphatic hydroxyl groups is 1. The van der Waals surface area contributed by atoms with Gasteiger partial charge in [0.05, 0.1) is 19.3 Å². The Kier molecular flexibility index (Phi) is 3.69. The summed E-state index contributed by atoms with van der Waals surface area (Å²) in [4.78, 5) is 0. The first-order valence-corrected chi connectivity index (χ1v) is 6.24. The molecule has 1 fully saturated rings. The average Bonchev–Trinajstić information content (AvgIpc) is 2.68. The second kappa shape index (κ2) is 5.07. The Labute approximate surface area is 102 Å². The van der Waals surface area contributed by atoms with Gasteiger partial charge in [-0.1, -0.05) is 25.1 Å². The fraction of sp³-hybridized carbons (Fsp3) is 0.571. The predicted octanol–water partition coefficient (Wildman–Crippen LogP) is 2.47. The van der Waals surface area contributed by atoms with Crippen molar-refractivity contribution in [1.82, 2.24) is 0 Å². The third kappa shape index (κ3) is 2.31. The molecule has 3 nitrogen and oxygen atoms in total. The largest absolute Gasteiger partial charge is 0.493 e. The lowest BCUT2D eigenvalue weighted by molar-refractivity contribution is -0.0333. The zero-order valence-electron chi connectivity index (χ0n) is 10.5. The van der Waals surface area contributed by atoms with Crippen LogP contribution in [0.15, 0.2) is 24.3 Å². The van der Waals surface area contributed by atoms with E-state index in [1.807, 2.05) is 31.2 Å². The molecule has 1 aliphatic heterocycles. The predicted molar refractivity (Wildman–Crippen MR) is 66.2 cm³/mol. The molecule has 2 atom stereocenters. The van der Waals surface area contributed by atoms with Crippen molar-refractivity contribution in [1.29, 1.82) is 0 Å². The van der Waals surface area contributed by atoms with Crippen LogP contribution in [0.3, 0.4) is 0 Å². The molecule has 0 spiro atoms. The van der Waals surface area contributed by atoms with Crippen LogP contribution >= 0.6 is 0 Å². The van der Waals surface area contributed by atoms with Gasteiger partial charge >= 0.3 is 0 Å². The molecular weight excluding hydrogens is 216 g/mol. The van der Waals surface area contributed by atoms with Crippen LogP contribution in [0.2, 0.25) is 0 Å². The zero-order chi connectivity index (χ0) is 12.3. The Hall–Kier alpha value is -1.06. The van der Waals surface area contributed by atoms with E-state index >= 15 is 0 Å². The van der Waals surface area contributed by atoms with E-state index in [1.165, 1.54) is 0 Å². The molecule has 1 heterocycles. The molecule has 17 heavy (non-hydrogen) atoms. The summed E-state index contributed by atoms with van der Waals surface area (Å²) < 4.78 is 11.2. The summed E-state index contributed by atoms with van der Waals surface area (Å²) in [5, 5.41) is 10.7. The minimum atomic E-state index is -0.912. The Morgan fingerprint density at radius 1 is 1.47 bits per heavy atom. The molecule has 0 radical (unpaired) electrons. The fourth-order valence-corrected chi connectivity index (χ4v) is 2.25. The van der Waals surface area contributed by atoms with Crippen LogP contribution in [0.4, 0.5) is 0 Å². The molecular formula is C14H20O3. The lowest BCUT2D eigenvalue weighted by atomic mass is 9.87. The van der Waals surface area contributed by atoms with Crippen molar-refractivity contribution in [3.63, 3.8) is 0 Å². The Morgan fingerprint density at radius 2 is 2.24 bits per heavy atom. The third-order valence-electron chi connectivity index (χ3n) is 3.34. The lowest BCUT2D eigenvalue weighted by Crippen LogP contribution is -2.33. The van der Waals surface area contributed by atoms with Gasteiger partial charge in [-0.3, -0.25) is 0 Å². The van der Waals surface area contributed by atoms with Gasteiger partial charge in [0.25, 0.3) is 0 Å². The molecule has 94 valence electrons. The van der Waals surface area contributed by atoms with Gasteiger partial charge in [0.1, 0.15) is 11.4 Å². The molecule has 0 saturated carbocycles. The SMILES string of the molecule is CCCOc1ccccc1C1(O)CCOC1C. The standard InChI is InChI=1S/C14H20O3/c1-3-9-17-13-7-5-4-6-12(13)14(15)8-10-16-11(14)2/h4-7,11,15H,3,8-10H2,1-2H3. The summed E-state index contributed by atoms with van der Waals surface area (Å²) in [5.74, 6) is 0.772. The van der Waals surface area contributed by atoms with Gasteiger partial charge in [0.2, 0.25) is 0 Å². The molecule has 2 unspecified atom stereocenters. The van der Waals surface area contributed by atoms with Gasteiger partial charge in [0.15, 0.2) is 0 Å². The van der Waals surface area contributed by atoms with E-state index in [4.69, 9.17) is 9.47 Å². The van der Waals surface area contributed by atoms with Crippen LogP contribution < -0.4 is 4.74 Å². The van der Waals surface area contributed by atoms with Crippen molar-refractivity contribution < 1.29 is 14.6 Å². The first-order chi connectivity index (χ1) is 8.18. The summed E-state index contributed by atoms with van der Waals surface area (Å²) in [6.45, 7) is 5.24. The topological polar surface area (TPSA) is 38.7 Å². The number of hydrogen-bond acceptors (Lipinski definition) is 3. The molecule has 1 aromatic carbocycles. The highest BCUT2D eigenvalue weighted by atomic mass is 16.5. The molecule has 0 aromatic heterocycles. The van der Waals surface area contributed by atoms with Crippen LogP contribution in [0.5, 0.6) is 5.75 Å². The maximum atomic E-state index is 10.7. The Balaban J connectivity index is 2.30. The van der Waals surface area contributed by atoms with Gasteiger partial charge in [-0.25, -0.2) is 0 Å². The molecule has 2 rings (SSSR count). The number of hydrogen-bond donors (Lipinski definition) is 1. The highest BCUT2D eigenvalue weighted by Gasteiger charge is 2.42. The van der Waals surface area contributed by atoms with Crippen molar-refractivity contribution in [3.05, 3.63) is 29.8 Å². The molecule has 1 aliphatic rings. The van der Waals surface area contributed by atoms with Crippen molar-refractivity contribution >= 4 is 0 Å². The summed E-state index contributed by atoms with van der Waals surface area (Å²) in [6.07, 6.45) is 1.40. The van der Waals surface area contributed by atoms with Crippen LogP contribution in [0.1, 0.15) is 32.3 Å². The lowest BCUT2D eigenvalue weighted by Gasteiger charge is -2.28. The van der Waals surface area contributed by atoms with Crippen molar-refractivity contribution in [3.8, 4) is 5.75 Å². The summed E-state index contributed by atoms with van der Waals surface area (Å²) in [5.41, 5.74) is -0.0666. The van der Waals surface area contributed by atoms with Crippen molar-refractivity contribution in [2.24, 2.45) is 0 Å². The van der Waals surface area contributed by atoms with Crippen LogP contribution in [0.25, 0.3) is 0 Å². The maximum absolute atomic E-state index is 10.7. The highest BCUT2D eigenvalue weighted by molar-refractivity contribution is 5.39. The van der Waals surface area contributed by atoms with E-state index in [0.29, 0.717) is 19.6 Å². The molecule has 3 heteroatoms. The molecule has 1 N–H and O–H groups in total. The summed E-state index contributed by atoms with van der Waals surface area (Å²) >= 11 is 0. The second-order valence-electron chi connectivity index (χ2n) is 4.53. The molecule has 1 aromatic rings. The Bertz CT molecular complexity index is 377. The van der Waals surface area contributed by atoms with Crippen LogP contribution in [-0.4, -0.2) is 24.4 Å². The van der Waals surface area contributed by atoms with Gasteiger partial charge in [-0.15, -0.1) is 0 Å². The zero-order valence-corrected chi connectivity index (χ0v) is 10.5. The van der Waals surface area contributed by atoms with E-state index in [-0.39, 0.29) is 6.10 Å². The monoisotopic (exact) mass is 236 g/mol. The smallest absolute Gasteiger partial charge is 0.125 e.